The highest BCUT2D eigenvalue weighted by Gasteiger charge is 2.36. The molecule has 6 heteroatoms. The van der Waals surface area contributed by atoms with E-state index in [1.807, 2.05) is 12.1 Å². The van der Waals surface area contributed by atoms with E-state index < -0.39 is 6.03 Å². The van der Waals surface area contributed by atoms with E-state index in [0.717, 1.165) is 24.4 Å². The SMILES string of the molecule is C[C@@H]1C[C@@H]1c1ccc(CN(C)C(=O)[C@@H]2CCCN(C(N)=O)C2)o1. The molecule has 0 spiro atoms. The fourth-order valence-corrected chi connectivity index (χ4v) is 3.40. The number of furan rings is 1. The number of hydrogen-bond donors (Lipinski definition) is 1. The molecule has 3 atom stereocenters. The lowest BCUT2D eigenvalue weighted by molar-refractivity contribution is -0.136. The van der Waals surface area contributed by atoms with E-state index in [0.29, 0.717) is 31.5 Å². The summed E-state index contributed by atoms with van der Waals surface area (Å²) in [4.78, 5) is 27.1. The summed E-state index contributed by atoms with van der Waals surface area (Å²) in [6.45, 7) is 3.74. The van der Waals surface area contributed by atoms with Crippen LogP contribution >= 0.6 is 0 Å². The molecule has 1 aromatic rings. The van der Waals surface area contributed by atoms with Crippen LogP contribution in [0.2, 0.25) is 0 Å². The number of nitrogens with zero attached hydrogens (tertiary/aromatic N) is 2. The van der Waals surface area contributed by atoms with Gasteiger partial charge in [0.2, 0.25) is 5.91 Å². The molecular weight excluding hydrogens is 294 g/mol. The molecule has 2 fully saturated rings. The minimum absolute atomic E-state index is 0.0497. The lowest BCUT2D eigenvalue weighted by Gasteiger charge is -2.32. The number of piperidine rings is 1. The maximum atomic E-state index is 12.6. The van der Waals surface area contributed by atoms with Crippen molar-refractivity contribution in [3.05, 3.63) is 23.7 Å². The Morgan fingerprint density at radius 1 is 1.43 bits per heavy atom. The van der Waals surface area contributed by atoms with Gasteiger partial charge in [-0.2, -0.15) is 0 Å². The maximum Gasteiger partial charge on any atom is 0.314 e. The molecule has 3 rings (SSSR count). The summed E-state index contributed by atoms with van der Waals surface area (Å²) in [6.07, 6.45) is 2.81. The number of hydrogen-bond acceptors (Lipinski definition) is 3. The minimum Gasteiger partial charge on any atom is -0.464 e. The molecule has 2 N–H and O–H groups in total. The fourth-order valence-electron chi connectivity index (χ4n) is 3.40. The lowest BCUT2D eigenvalue weighted by atomic mass is 9.97. The zero-order chi connectivity index (χ0) is 16.6. The van der Waals surface area contributed by atoms with Crippen molar-refractivity contribution in [2.45, 2.75) is 38.6 Å². The zero-order valence-electron chi connectivity index (χ0n) is 13.8. The molecule has 0 radical (unpaired) electrons. The Kier molecular flexibility index (Phi) is 4.33. The highest BCUT2D eigenvalue weighted by atomic mass is 16.3. The van der Waals surface area contributed by atoms with Gasteiger partial charge < -0.3 is 20.0 Å². The molecule has 0 unspecified atom stereocenters. The third kappa shape index (κ3) is 3.51. The van der Waals surface area contributed by atoms with Crippen LogP contribution in [-0.4, -0.2) is 41.9 Å². The average molecular weight is 319 g/mol. The molecule has 1 aromatic heterocycles. The number of carbonyl (C=O) groups excluding carboxylic acids is 2. The number of rotatable bonds is 4. The number of primary amides is 1. The molecule has 2 heterocycles. The average Bonchev–Trinajstić information content (AvgIpc) is 3.08. The number of amides is 3. The van der Waals surface area contributed by atoms with Gasteiger partial charge in [-0.3, -0.25) is 4.79 Å². The first kappa shape index (κ1) is 15.9. The van der Waals surface area contributed by atoms with Crippen LogP contribution in [-0.2, 0) is 11.3 Å². The van der Waals surface area contributed by atoms with Crippen molar-refractivity contribution in [1.29, 1.82) is 0 Å². The molecule has 126 valence electrons. The van der Waals surface area contributed by atoms with Crippen LogP contribution in [0.1, 0.15) is 43.6 Å². The molecule has 2 aliphatic rings. The summed E-state index contributed by atoms with van der Waals surface area (Å²) in [5.41, 5.74) is 5.32. The van der Waals surface area contributed by atoms with Crippen molar-refractivity contribution in [3.8, 4) is 0 Å². The van der Waals surface area contributed by atoms with Crippen molar-refractivity contribution in [2.75, 3.05) is 20.1 Å². The Morgan fingerprint density at radius 3 is 2.83 bits per heavy atom. The topological polar surface area (TPSA) is 79.8 Å². The molecule has 6 nitrogen and oxygen atoms in total. The Labute approximate surface area is 136 Å². The molecule has 0 aromatic carbocycles. The molecule has 3 amide bonds. The van der Waals surface area contributed by atoms with Crippen LogP contribution < -0.4 is 5.73 Å². The highest BCUT2D eigenvalue weighted by molar-refractivity contribution is 5.80. The summed E-state index contributed by atoms with van der Waals surface area (Å²) in [7, 11) is 1.79. The normalized spacial score (nSPS) is 26.9. The van der Waals surface area contributed by atoms with Crippen LogP contribution in [0.4, 0.5) is 4.79 Å². The van der Waals surface area contributed by atoms with Crippen molar-refractivity contribution in [1.82, 2.24) is 9.80 Å². The number of nitrogens with two attached hydrogens (primary N) is 1. The zero-order valence-corrected chi connectivity index (χ0v) is 13.8. The van der Waals surface area contributed by atoms with E-state index in [1.165, 1.54) is 6.42 Å². The second kappa shape index (κ2) is 6.26. The highest BCUT2D eigenvalue weighted by Crippen LogP contribution is 2.47. The van der Waals surface area contributed by atoms with Crippen LogP contribution in [0.5, 0.6) is 0 Å². The van der Waals surface area contributed by atoms with E-state index in [2.05, 4.69) is 6.92 Å². The second-order valence-electron chi connectivity index (χ2n) is 6.94. The van der Waals surface area contributed by atoms with Gasteiger partial charge in [0, 0.05) is 26.1 Å². The first-order valence-corrected chi connectivity index (χ1v) is 8.33. The lowest BCUT2D eigenvalue weighted by Crippen LogP contribution is -2.47. The van der Waals surface area contributed by atoms with Gasteiger partial charge in [-0.25, -0.2) is 4.79 Å². The monoisotopic (exact) mass is 319 g/mol. The molecule has 0 bridgehead atoms. The molecule has 1 aliphatic heterocycles. The van der Waals surface area contributed by atoms with E-state index in [-0.39, 0.29) is 11.8 Å². The summed E-state index contributed by atoms with van der Waals surface area (Å²) in [6, 6.07) is 3.54. The van der Waals surface area contributed by atoms with Crippen LogP contribution in [0.25, 0.3) is 0 Å². The predicted octanol–water partition coefficient (Wildman–Crippen LogP) is 2.15. The van der Waals surface area contributed by atoms with Crippen molar-refractivity contribution >= 4 is 11.9 Å². The summed E-state index contributed by atoms with van der Waals surface area (Å²) in [5, 5.41) is 0. The van der Waals surface area contributed by atoms with Crippen molar-refractivity contribution in [2.24, 2.45) is 17.6 Å². The number of urea groups is 1. The molecule has 1 saturated heterocycles. The van der Waals surface area contributed by atoms with Crippen LogP contribution in [0.15, 0.2) is 16.5 Å². The minimum atomic E-state index is -0.445. The fraction of sp³-hybridized carbons (Fsp3) is 0.647. The van der Waals surface area contributed by atoms with E-state index in [1.54, 1.807) is 16.8 Å². The van der Waals surface area contributed by atoms with Crippen LogP contribution in [0, 0.1) is 11.8 Å². The molecule has 1 aliphatic carbocycles. The third-order valence-electron chi connectivity index (χ3n) is 5.01. The van der Waals surface area contributed by atoms with E-state index in [4.69, 9.17) is 10.2 Å². The van der Waals surface area contributed by atoms with E-state index in [9.17, 15) is 9.59 Å². The van der Waals surface area contributed by atoms with Gasteiger partial charge >= 0.3 is 6.03 Å². The van der Waals surface area contributed by atoms with Gasteiger partial charge in [-0.15, -0.1) is 0 Å². The predicted molar refractivity (Wildman–Crippen MR) is 85.6 cm³/mol. The molecular formula is C17H25N3O3. The van der Waals surface area contributed by atoms with Gasteiger partial charge in [0.25, 0.3) is 0 Å². The summed E-state index contributed by atoms with van der Waals surface area (Å²) >= 11 is 0. The first-order chi connectivity index (χ1) is 11.0. The first-order valence-electron chi connectivity index (χ1n) is 8.33. The molecule has 23 heavy (non-hydrogen) atoms. The quantitative estimate of drug-likeness (QED) is 0.923. The van der Waals surface area contributed by atoms with Gasteiger partial charge in [0.15, 0.2) is 0 Å². The standard InChI is InChI=1S/C17H25N3O3/c1-11-8-14(11)15-6-5-13(23-15)10-19(2)16(21)12-4-3-7-20(9-12)17(18)22/h5-6,11-12,14H,3-4,7-10H2,1-2H3,(H2,18,22)/t11-,12-,14+/m1/s1. The summed E-state index contributed by atoms with van der Waals surface area (Å²) in [5.74, 6) is 2.99. The number of likely N-dealkylation sites (tertiary alicyclic amines) is 1. The van der Waals surface area contributed by atoms with Gasteiger partial charge in [-0.1, -0.05) is 6.92 Å². The Hall–Kier alpha value is -1.98. The van der Waals surface area contributed by atoms with Gasteiger partial charge in [-0.05, 0) is 37.3 Å². The Bertz CT molecular complexity index is 598. The van der Waals surface area contributed by atoms with Gasteiger partial charge in [0.05, 0.1) is 12.5 Å². The molecule has 1 saturated carbocycles. The van der Waals surface area contributed by atoms with Crippen molar-refractivity contribution in [3.63, 3.8) is 0 Å². The van der Waals surface area contributed by atoms with E-state index >= 15 is 0 Å². The summed E-state index contributed by atoms with van der Waals surface area (Å²) < 4.78 is 5.87. The largest absolute Gasteiger partial charge is 0.464 e. The Balaban J connectivity index is 1.56. The smallest absolute Gasteiger partial charge is 0.314 e. The second-order valence-corrected chi connectivity index (χ2v) is 6.94. The van der Waals surface area contributed by atoms with Crippen molar-refractivity contribution < 1.29 is 14.0 Å². The third-order valence-corrected chi connectivity index (χ3v) is 5.01. The number of carbonyl (C=O) groups is 2. The maximum absolute atomic E-state index is 12.6. The Morgan fingerprint density at radius 2 is 2.17 bits per heavy atom. The van der Waals surface area contributed by atoms with Gasteiger partial charge in [0.1, 0.15) is 11.5 Å². The van der Waals surface area contributed by atoms with Crippen LogP contribution in [0.3, 0.4) is 0 Å².